The third kappa shape index (κ3) is 4.69. The molecule has 0 saturated heterocycles. The summed E-state index contributed by atoms with van der Waals surface area (Å²) in [7, 11) is 0. The van der Waals surface area contributed by atoms with Crippen LogP contribution in [0.25, 0.3) is 0 Å². The van der Waals surface area contributed by atoms with Gasteiger partial charge in [0.2, 0.25) is 5.91 Å². The van der Waals surface area contributed by atoms with Gasteiger partial charge in [0.1, 0.15) is 5.82 Å². The molecule has 0 unspecified atom stereocenters. The molecule has 0 saturated carbocycles. The highest BCUT2D eigenvalue weighted by Gasteiger charge is 2.03. The summed E-state index contributed by atoms with van der Waals surface area (Å²) in [5.41, 5.74) is 1.81. The molecule has 2 rings (SSSR count). The third-order valence-corrected chi connectivity index (χ3v) is 3.11. The topological polar surface area (TPSA) is 64.9 Å². The average Bonchev–Trinajstić information content (AvgIpc) is 2.54. The summed E-state index contributed by atoms with van der Waals surface area (Å²) in [6, 6.07) is 15.2. The van der Waals surface area contributed by atoms with E-state index in [2.05, 4.69) is 10.6 Å². The lowest BCUT2D eigenvalue weighted by Crippen LogP contribution is -2.29. The highest BCUT2D eigenvalue weighted by Crippen LogP contribution is 2.08. The molecule has 0 atom stereocenters. The smallest absolute Gasteiger partial charge is 0.238 e. The first-order valence-corrected chi connectivity index (χ1v) is 6.93. The first-order chi connectivity index (χ1) is 10.7. The maximum atomic E-state index is 13.4. The third-order valence-electron chi connectivity index (χ3n) is 3.11. The van der Waals surface area contributed by atoms with E-state index in [1.54, 1.807) is 42.5 Å². The van der Waals surface area contributed by atoms with Crippen molar-refractivity contribution in [3.8, 4) is 6.07 Å². The zero-order valence-electron chi connectivity index (χ0n) is 12.0. The highest BCUT2D eigenvalue weighted by atomic mass is 19.1. The van der Waals surface area contributed by atoms with Gasteiger partial charge in [-0.3, -0.25) is 4.79 Å². The van der Waals surface area contributed by atoms with Gasteiger partial charge in [-0.15, -0.1) is 0 Å². The Bertz CT molecular complexity index is 677. The molecule has 0 spiro atoms. The van der Waals surface area contributed by atoms with E-state index in [1.807, 2.05) is 6.07 Å². The fourth-order valence-corrected chi connectivity index (χ4v) is 1.96. The SMILES string of the molecule is N#Cc1ccc(NC(=O)CNCCc2ccccc2F)cc1. The lowest BCUT2D eigenvalue weighted by molar-refractivity contribution is -0.115. The Balaban J connectivity index is 1.71. The van der Waals surface area contributed by atoms with Crippen molar-refractivity contribution in [1.29, 1.82) is 5.26 Å². The van der Waals surface area contributed by atoms with Crippen LogP contribution in [0.3, 0.4) is 0 Å². The van der Waals surface area contributed by atoms with Crippen LogP contribution >= 0.6 is 0 Å². The van der Waals surface area contributed by atoms with Gasteiger partial charge in [-0.25, -0.2) is 4.39 Å². The molecule has 2 aromatic rings. The quantitative estimate of drug-likeness (QED) is 0.805. The molecule has 0 aliphatic rings. The molecule has 4 nitrogen and oxygen atoms in total. The predicted molar refractivity (Wildman–Crippen MR) is 82.8 cm³/mol. The molecule has 0 aliphatic heterocycles. The highest BCUT2D eigenvalue weighted by molar-refractivity contribution is 5.92. The normalized spacial score (nSPS) is 10.0. The molecular weight excluding hydrogens is 281 g/mol. The van der Waals surface area contributed by atoms with Crippen LogP contribution in [-0.4, -0.2) is 19.0 Å². The summed E-state index contributed by atoms with van der Waals surface area (Å²) in [5, 5.41) is 14.4. The van der Waals surface area contributed by atoms with Gasteiger partial charge in [-0.2, -0.15) is 5.26 Å². The van der Waals surface area contributed by atoms with E-state index in [0.717, 1.165) is 0 Å². The number of amides is 1. The van der Waals surface area contributed by atoms with Crippen molar-refractivity contribution in [2.45, 2.75) is 6.42 Å². The van der Waals surface area contributed by atoms with Gasteiger partial charge in [0.05, 0.1) is 18.2 Å². The molecule has 0 fully saturated rings. The minimum absolute atomic E-state index is 0.147. The second kappa shape index (κ2) is 7.91. The van der Waals surface area contributed by atoms with E-state index in [-0.39, 0.29) is 18.3 Å². The van der Waals surface area contributed by atoms with Crippen LogP contribution in [0.15, 0.2) is 48.5 Å². The second-order valence-corrected chi connectivity index (χ2v) is 4.76. The van der Waals surface area contributed by atoms with E-state index in [4.69, 9.17) is 5.26 Å². The Hall–Kier alpha value is -2.71. The van der Waals surface area contributed by atoms with E-state index in [9.17, 15) is 9.18 Å². The molecule has 0 radical (unpaired) electrons. The first kappa shape index (κ1) is 15.7. The van der Waals surface area contributed by atoms with E-state index >= 15 is 0 Å². The van der Waals surface area contributed by atoms with Crippen molar-refractivity contribution in [1.82, 2.24) is 5.32 Å². The standard InChI is InChI=1S/C17H16FN3O/c18-16-4-2-1-3-14(16)9-10-20-12-17(22)21-15-7-5-13(11-19)6-8-15/h1-8,20H,9-10,12H2,(H,21,22). The van der Waals surface area contributed by atoms with Crippen molar-refractivity contribution in [3.05, 3.63) is 65.5 Å². The van der Waals surface area contributed by atoms with Crippen LogP contribution in [0, 0.1) is 17.1 Å². The number of carbonyl (C=O) groups is 1. The summed E-state index contributed by atoms with van der Waals surface area (Å²) in [4.78, 5) is 11.7. The molecular formula is C17H16FN3O. The van der Waals surface area contributed by atoms with Gasteiger partial charge in [-0.1, -0.05) is 18.2 Å². The van der Waals surface area contributed by atoms with Gasteiger partial charge < -0.3 is 10.6 Å². The minimum atomic E-state index is -0.230. The second-order valence-electron chi connectivity index (χ2n) is 4.76. The number of benzene rings is 2. The van der Waals surface area contributed by atoms with Crippen LogP contribution in [-0.2, 0) is 11.2 Å². The zero-order valence-corrected chi connectivity index (χ0v) is 12.0. The number of rotatable bonds is 6. The summed E-state index contributed by atoms with van der Waals surface area (Å²) in [6.07, 6.45) is 0.525. The van der Waals surface area contributed by atoms with Gasteiger partial charge in [0.15, 0.2) is 0 Å². The maximum Gasteiger partial charge on any atom is 0.238 e. The van der Waals surface area contributed by atoms with Crippen molar-refractivity contribution in [2.75, 3.05) is 18.4 Å². The summed E-state index contributed by atoms with van der Waals surface area (Å²) in [6.45, 7) is 0.663. The fraction of sp³-hybridized carbons (Fsp3) is 0.176. The number of nitrogens with one attached hydrogen (secondary N) is 2. The van der Waals surface area contributed by atoms with Gasteiger partial charge >= 0.3 is 0 Å². The summed E-state index contributed by atoms with van der Waals surface area (Å²) >= 11 is 0. The Morgan fingerprint density at radius 3 is 2.55 bits per heavy atom. The molecule has 5 heteroatoms. The first-order valence-electron chi connectivity index (χ1n) is 6.93. The number of hydrogen-bond acceptors (Lipinski definition) is 3. The number of anilines is 1. The average molecular weight is 297 g/mol. The Labute approximate surface area is 128 Å². The fourth-order valence-electron chi connectivity index (χ4n) is 1.96. The monoisotopic (exact) mass is 297 g/mol. The molecule has 2 N–H and O–H groups in total. The molecule has 0 aliphatic carbocycles. The molecule has 2 aromatic carbocycles. The van der Waals surface area contributed by atoms with Crippen LogP contribution in [0.2, 0.25) is 0 Å². The number of carbonyl (C=O) groups excluding carboxylic acids is 1. The molecule has 0 aromatic heterocycles. The Kier molecular flexibility index (Phi) is 5.64. The maximum absolute atomic E-state index is 13.4. The number of halogens is 1. The van der Waals surface area contributed by atoms with Gasteiger partial charge in [-0.05, 0) is 48.9 Å². The largest absolute Gasteiger partial charge is 0.325 e. The van der Waals surface area contributed by atoms with E-state index in [1.165, 1.54) is 6.07 Å². The molecule has 22 heavy (non-hydrogen) atoms. The Morgan fingerprint density at radius 1 is 1.14 bits per heavy atom. The molecule has 1 amide bonds. The van der Waals surface area contributed by atoms with Crippen molar-refractivity contribution >= 4 is 11.6 Å². The van der Waals surface area contributed by atoms with E-state index < -0.39 is 0 Å². The van der Waals surface area contributed by atoms with Crippen molar-refractivity contribution in [3.63, 3.8) is 0 Å². The molecule has 112 valence electrons. The predicted octanol–water partition coefficient (Wildman–Crippen LogP) is 2.47. The van der Waals surface area contributed by atoms with Gasteiger partial charge in [0, 0.05) is 5.69 Å². The Morgan fingerprint density at radius 2 is 1.86 bits per heavy atom. The van der Waals surface area contributed by atoms with Crippen LogP contribution in [0.4, 0.5) is 10.1 Å². The van der Waals surface area contributed by atoms with Crippen molar-refractivity contribution < 1.29 is 9.18 Å². The van der Waals surface area contributed by atoms with Crippen LogP contribution < -0.4 is 10.6 Å². The number of nitriles is 1. The lowest BCUT2D eigenvalue weighted by Gasteiger charge is -2.07. The summed E-state index contributed by atoms with van der Waals surface area (Å²) in [5.74, 6) is -0.412. The van der Waals surface area contributed by atoms with Gasteiger partial charge in [0.25, 0.3) is 0 Å². The number of hydrogen-bond donors (Lipinski definition) is 2. The number of nitrogens with zero attached hydrogens (tertiary/aromatic N) is 1. The molecule has 0 heterocycles. The molecule has 0 bridgehead atoms. The zero-order chi connectivity index (χ0) is 15.8. The van der Waals surface area contributed by atoms with E-state index in [0.29, 0.717) is 29.8 Å². The minimum Gasteiger partial charge on any atom is -0.325 e. The van der Waals surface area contributed by atoms with Crippen LogP contribution in [0.1, 0.15) is 11.1 Å². The lowest BCUT2D eigenvalue weighted by atomic mass is 10.1. The van der Waals surface area contributed by atoms with Crippen molar-refractivity contribution in [2.24, 2.45) is 0 Å². The summed E-state index contributed by atoms with van der Waals surface area (Å²) < 4.78 is 13.4. The van der Waals surface area contributed by atoms with Crippen LogP contribution in [0.5, 0.6) is 0 Å².